The number of carbonyl (C=O) groups is 1. The number of benzene rings is 2. The summed E-state index contributed by atoms with van der Waals surface area (Å²) in [5.41, 5.74) is 5.03. The number of aromatic nitrogens is 2. The Balaban J connectivity index is 1.12. The number of anilines is 1. The van der Waals surface area contributed by atoms with Crippen LogP contribution in [0.2, 0.25) is 10.0 Å². The zero-order valence-electron chi connectivity index (χ0n) is 20.1. The molecule has 2 saturated carbocycles. The molecule has 3 aromatic rings. The lowest BCUT2D eigenvalue weighted by Gasteiger charge is -2.40. The van der Waals surface area contributed by atoms with Gasteiger partial charge in [0.05, 0.1) is 39.7 Å². The number of fused-ring (bicyclic) bond motifs is 2. The van der Waals surface area contributed by atoms with Crippen molar-refractivity contribution in [3.05, 3.63) is 69.3 Å². The van der Waals surface area contributed by atoms with Gasteiger partial charge in [0.25, 0.3) is 0 Å². The molecule has 6 rings (SSSR count). The molecule has 4 atom stereocenters. The van der Waals surface area contributed by atoms with Gasteiger partial charge >= 0.3 is 5.97 Å². The van der Waals surface area contributed by atoms with Gasteiger partial charge in [0.15, 0.2) is 0 Å². The Morgan fingerprint density at radius 3 is 2.50 bits per heavy atom. The van der Waals surface area contributed by atoms with Crippen LogP contribution in [0.3, 0.4) is 0 Å². The molecule has 0 amide bonds. The molecule has 2 aliphatic carbocycles. The second-order valence-electron chi connectivity index (χ2n) is 10.3. The van der Waals surface area contributed by atoms with Crippen LogP contribution in [0.5, 0.6) is 0 Å². The van der Waals surface area contributed by atoms with Gasteiger partial charge in [-0.05, 0) is 86.1 Å². The molecule has 0 radical (unpaired) electrons. The second kappa shape index (κ2) is 9.40. The highest BCUT2D eigenvalue weighted by Crippen LogP contribution is 2.48. The smallest absolute Gasteiger partial charge is 0.335 e. The third-order valence-corrected chi connectivity index (χ3v) is 8.65. The van der Waals surface area contributed by atoms with E-state index in [-0.39, 0.29) is 6.10 Å². The molecule has 2 heterocycles. The number of carboxylic acid groups (broad SMARTS) is 1. The Hall–Kier alpha value is -2.54. The molecular formula is C28H29Cl2N3O3. The lowest BCUT2D eigenvalue weighted by atomic mass is 9.93. The monoisotopic (exact) mass is 525 g/mol. The van der Waals surface area contributed by atoms with E-state index in [1.165, 1.54) is 18.4 Å². The van der Waals surface area contributed by atoms with E-state index >= 15 is 0 Å². The molecule has 8 heteroatoms. The van der Waals surface area contributed by atoms with E-state index in [1.807, 2.05) is 30.3 Å². The van der Waals surface area contributed by atoms with Crippen molar-refractivity contribution in [1.29, 1.82) is 0 Å². The van der Waals surface area contributed by atoms with E-state index in [2.05, 4.69) is 22.0 Å². The van der Waals surface area contributed by atoms with Gasteiger partial charge < -0.3 is 14.7 Å². The van der Waals surface area contributed by atoms with Crippen LogP contribution in [0, 0.1) is 5.92 Å². The topological polar surface area (TPSA) is 78.5 Å². The fourth-order valence-corrected chi connectivity index (χ4v) is 6.93. The van der Waals surface area contributed by atoms with Crippen LogP contribution in [-0.2, 0) is 11.3 Å². The van der Waals surface area contributed by atoms with Crippen molar-refractivity contribution < 1.29 is 14.6 Å². The Morgan fingerprint density at radius 1 is 1.14 bits per heavy atom. The molecule has 2 aromatic carbocycles. The number of nitrogens with one attached hydrogen (secondary N) is 1. The number of halogens is 2. The lowest BCUT2D eigenvalue weighted by Crippen LogP contribution is -2.46. The normalized spacial score (nSPS) is 25.0. The zero-order chi connectivity index (χ0) is 25.0. The summed E-state index contributed by atoms with van der Waals surface area (Å²) in [4.78, 5) is 13.7. The fraction of sp³-hybridized carbons (Fsp3) is 0.429. The third-order valence-electron chi connectivity index (χ3n) is 8.05. The first-order chi connectivity index (χ1) is 17.4. The summed E-state index contributed by atoms with van der Waals surface area (Å²) in [6, 6.07) is 14.1. The van der Waals surface area contributed by atoms with Gasteiger partial charge in [0.2, 0.25) is 0 Å². The molecule has 1 saturated heterocycles. The van der Waals surface area contributed by atoms with E-state index in [0.717, 1.165) is 41.9 Å². The quantitative estimate of drug-likeness (QED) is 0.333. The molecule has 3 fully saturated rings. The van der Waals surface area contributed by atoms with Crippen molar-refractivity contribution in [1.82, 2.24) is 10.2 Å². The number of H-pyrrole nitrogens is 1. The van der Waals surface area contributed by atoms with Crippen molar-refractivity contribution in [2.75, 3.05) is 4.90 Å². The predicted octanol–water partition coefficient (Wildman–Crippen LogP) is 6.92. The number of hydrogen-bond donors (Lipinski definition) is 2. The summed E-state index contributed by atoms with van der Waals surface area (Å²) in [5, 5.41) is 18.1. The molecule has 0 unspecified atom stereocenters. The molecule has 2 N–H and O–H groups in total. The van der Waals surface area contributed by atoms with Crippen LogP contribution < -0.4 is 4.90 Å². The maximum atomic E-state index is 11.2. The molecule has 0 spiro atoms. The Labute approximate surface area is 220 Å². The summed E-state index contributed by atoms with van der Waals surface area (Å²) in [7, 11) is 0. The van der Waals surface area contributed by atoms with Crippen molar-refractivity contribution in [3.8, 4) is 11.3 Å². The number of piperidine rings is 1. The van der Waals surface area contributed by atoms with E-state index in [1.54, 1.807) is 12.1 Å². The first kappa shape index (κ1) is 23.8. The number of aromatic carboxylic acids is 1. The highest BCUT2D eigenvalue weighted by atomic mass is 35.5. The summed E-state index contributed by atoms with van der Waals surface area (Å²) in [6.45, 7) is 2.67. The zero-order valence-corrected chi connectivity index (χ0v) is 21.6. The van der Waals surface area contributed by atoms with Gasteiger partial charge in [-0.25, -0.2) is 4.79 Å². The Bertz CT molecular complexity index is 1260. The van der Waals surface area contributed by atoms with Crippen LogP contribution in [0.25, 0.3) is 11.3 Å². The molecule has 1 aromatic heterocycles. The van der Waals surface area contributed by atoms with E-state index in [9.17, 15) is 9.90 Å². The van der Waals surface area contributed by atoms with Gasteiger partial charge in [0, 0.05) is 29.3 Å². The highest BCUT2D eigenvalue weighted by molar-refractivity contribution is 6.39. The SMILES string of the molecule is CC[C@@H]1[C@@H]2C[C@@H](C[C@H]2OCc2cc(-c3c(Cl)cc(C4CC4)cc3Cl)n[nH]2)N1c1ccc(C(=O)O)cc1. The van der Waals surface area contributed by atoms with Gasteiger partial charge in [-0.15, -0.1) is 0 Å². The van der Waals surface area contributed by atoms with Crippen molar-refractivity contribution in [3.63, 3.8) is 0 Å². The van der Waals surface area contributed by atoms with E-state index in [4.69, 9.17) is 27.9 Å². The maximum Gasteiger partial charge on any atom is 0.335 e. The van der Waals surface area contributed by atoms with Crippen LogP contribution in [-0.4, -0.2) is 39.5 Å². The minimum atomic E-state index is -0.897. The number of hydrogen-bond acceptors (Lipinski definition) is 4. The Kier molecular flexibility index (Phi) is 6.22. The van der Waals surface area contributed by atoms with E-state index < -0.39 is 5.97 Å². The summed E-state index contributed by atoms with van der Waals surface area (Å²) in [5.74, 6) is 0.137. The van der Waals surface area contributed by atoms with Crippen LogP contribution >= 0.6 is 23.2 Å². The average molecular weight is 526 g/mol. The number of nitrogens with zero attached hydrogens (tertiary/aromatic N) is 2. The van der Waals surface area contributed by atoms with Gasteiger partial charge in [0.1, 0.15) is 0 Å². The minimum Gasteiger partial charge on any atom is -0.478 e. The van der Waals surface area contributed by atoms with Crippen LogP contribution in [0.4, 0.5) is 5.69 Å². The van der Waals surface area contributed by atoms with Crippen molar-refractivity contribution >= 4 is 34.9 Å². The van der Waals surface area contributed by atoms with Crippen molar-refractivity contribution in [2.24, 2.45) is 5.92 Å². The number of ether oxygens (including phenoxy) is 1. The summed E-state index contributed by atoms with van der Waals surface area (Å²) >= 11 is 13.2. The van der Waals surface area contributed by atoms with Gasteiger partial charge in [-0.2, -0.15) is 5.10 Å². The average Bonchev–Trinajstić information content (AvgIpc) is 3.33. The molecule has 3 aliphatic rings. The van der Waals surface area contributed by atoms with E-state index in [0.29, 0.717) is 46.1 Å². The lowest BCUT2D eigenvalue weighted by molar-refractivity contribution is 0.000508. The fourth-order valence-electron chi connectivity index (χ4n) is 6.23. The molecule has 36 heavy (non-hydrogen) atoms. The number of carboxylic acids is 1. The summed E-state index contributed by atoms with van der Waals surface area (Å²) in [6.07, 6.45) is 5.66. The highest BCUT2D eigenvalue weighted by Gasteiger charge is 2.51. The standard InChI is InChI=1S/C28H29Cl2N3O3/c1-2-25-21-12-20(33(25)19-7-5-16(6-8-19)28(34)35)13-26(21)36-14-18-11-24(32-31-18)27-22(29)9-17(10-23(27)30)15-3-4-15/h5-11,15,20-21,25-26H,2-4,12-14H2,1H3,(H,31,32)(H,34,35)/t20-,21-,25+,26+/m0/s1. The summed E-state index contributed by atoms with van der Waals surface area (Å²) < 4.78 is 6.42. The second-order valence-corrected chi connectivity index (χ2v) is 11.1. The largest absolute Gasteiger partial charge is 0.478 e. The first-order valence-electron chi connectivity index (χ1n) is 12.7. The number of rotatable bonds is 8. The molecule has 188 valence electrons. The molecule has 6 nitrogen and oxygen atoms in total. The van der Waals surface area contributed by atoms with Crippen LogP contribution in [0.1, 0.15) is 66.6 Å². The molecule has 1 aliphatic heterocycles. The third kappa shape index (κ3) is 4.29. The number of aromatic amines is 1. The maximum absolute atomic E-state index is 11.2. The van der Waals surface area contributed by atoms with Crippen LogP contribution in [0.15, 0.2) is 42.5 Å². The van der Waals surface area contributed by atoms with Gasteiger partial charge in [-0.1, -0.05) is 30.1 Å². The molecule has 2 bridgehead atoms. The molecular weight excluding hydrogens is 497 g/mol. The Morgan fingerprint density at radius 2 is 1.86 bits per heavy atom. The minimum absolute atomic E-state index is 0.186. The van der Waals surface area contributed by atoms with Gasteiger partial charge in [-0.3, -0.25) is 5.10 Å². The predicted molar refractivity (Wildman–Crippen MR) is 141 cm³/mol. The first-order valence-corrected chi connectivity index (χ1v) is 13.5. The van der Waals surface area contributed by atoms with Crippen molar-refractivity contribution in [2.45, 2.75) is 69.7 Å².